The number of carbonyl (C=O) groups is 1. The van der Waals surface area contributed by atoms with Crippen molar-refractivity contribution < 1.29 is 9.53 Å². The van der Waals surface area contributed by atoms with Gasteiger partial charge in [-0.2, -0.15) is 5.10 Å². The fourth-order valence-electron chi connectivity index (χ4n) is 3.15. The molecule has 0 unspecified atom stereocenters. The number of nitrogens with zero attached hydrogens (tertiary/aromatic N) is 4. The summed E-state index contributed by atoms with van der Waals surface area (Å²) in [6.45, 7) is 5.61. The number of rotatable bonds is 3. The van der Waals surface area contributed by atoms with Crippen molar-refractivity contribution in [1.29, 1.82) is 0 Å². The van der Waals surface area contributed by atoms with Gasteiger partial charge in [-0.3, -0.25) is 9.36 Å². The summed E-state index contributed by atoms with van der Waals surface area (Å²) in [5, 5.41) is 5.36. The number of carbonyl (C=O) groups excluding carboxylic acids is 1. The molecule has 0 aliphatic rings. The van der Waals surface area contributed by atoms with E-state index in [1.165, 1.54) is 15.3 Å². The lowest BCUT2D eigenvalue weighted by molar-refractivity contribution is 0.0527. The molecule has 8 heteroatoms. The maximum Gasteiger partial charge on any atom is 0.343 e. The highest BCUT2D eigenvalue weighted by molar-refractivity contribution is 6.31. The molecule has 0 saturated carbocycles. The van der Waals surface area contributed by atoms with Crippen LogP contribution in [0.15, 0.2) is 41.5 Å². The zero-order valence-electron chi connectivity index (χ0n) is 15.6. The highest BCUT2D eigenvalue weighted by Gasteiger charge is 2.21. The number of fused-ring (bicyclic) bond motifs is 3. The van der Waals surface area contributed by atoms with Gasteiger partial charge in [0.25, 0.3) is 5.56 Å². The van der Waals surface area contributed by atoms with Gasteiger partial charge in [-0.05, 0) is 44.5 Å². The molecular formula is C20H17ClN4O3. The predicted octanol–water partition coefficient (Wildman–Crippen LogP) is 3.48. The van der Waals surface area contributed by atoms with E-state index in [1.807, 2.05) is 19.1 Å². The Morgan fingerprint density at radius 2 is 2.04 bits per heavy atom. The number of pyridine rings is 1. The van der Waals surface area contributed by atoms with Crippen molar-refractivity contribution in [3.63, 3.8) is 0 Å². The van der Waals surface area contributed by atoms with Crippen LogP contribution in [0, 0.1) is 13.8 Å². The first-order chi connectivity index (χ1) is 13.4. The molecule has 1 aromatic carbocycles. The third kappa shape index (κ3) is 2.75. The van der Waals surface area contributed by atoms with Crippen LogP contribution in [0.3, 0.4) is 0 Å². The van der Waals surface area contributed by atoms with Gasteiger partial charge in [0.05, 0.1) is 28.9 Å². The molecule has 0 fully saturated rings. The molecule has 0 spiro atoms. The molecule has 3 aromatic heterocycles. The van der Waals surface area contributed by atoms with Crippen LogP contribution in [0.5, 0.6) is 0 Å². The van der Waals surface area contributed by atoms with Crippen molar-refractivity contribution in [2.45, 2.75) is 20.8 Å². The maximum atomic E-state index is 13.0. The lowest BCUT2D eigenvalue weighted by atomic mass is 10.2. The van der Waals surface area contributed by atoms with Gasteiger partial charge >= 0.3 is 5.97 Å². The van der Waals surface area contributed by atoms with Crippen molar-refractivity contribution in [3.05, 3.63) is 68.9 Å². The van der Waals surface area contributed by atoms with Gasteiger partial charge in [0.2, 0.25) is 0 Å². The number of halogens is 1. The Bertz CT molecular complexity index is 1310. The smallest absolute Gasteiger partial charge is 0.343 e. The van der Waals surface area contributed by atoms with Gasteiger partial charge in [0.15, 0.2) is 5.65 Å². The van der Waals surface area contributed by atoms with E-state index >= 15 is 0 Å². The minimum absolute atomic E-state index is 0.252. The van der Waals surface area contributed by atoms with Crippen LogP contribution < -0.4 is 5.56 Å². The van der Waals surface area contributed by atoms with Crippen molar-refractivity contribution in [3.8, 4) is 5.69 Å². The van der Waals surface area contributed by atoms with Gasteiger partial charge in [0.1, 0.15) is 5.56 Å². The predicted molar refractivity (Wildman–Crippen MR) is 107 cm³/mol. The standard InChI is InChI=1S/C20H17ClN4O3/c1-4-28-20(27)17-12(3)23-25-16-7-8-24(13-6-5-11(2)15(21)9-13)19(26)14(16)10-22-18(17)25/h5-10H,4H2,1-3H3. The molecule has 0 saturated heterocycles. The molecule has 0 atom stereocenters. The maximum absolute atomic E-state index is 13.0. The van der Waals surface area contributed by atoms with E-state index in [2.05, 4.69) is 10.1 Å². The number of esters is 1. The first-order valence-corrected chi connectivity index (χ1v) is 9.13. The first kappa shape index (κ1) is 18.2. The number of ether oxygens (including phenoxy) is 1. The summed E-state index contributed by atoms with van der Waals surface area (Å²) in [6, 6.07) is 7.20. The molecule has 0 radical (unpaired) electrons. The van der Waals surface area contributed by atoms with Gasteiger partial charge in [0, 0.05) is 17.4 Å². The van der Waals surface area contributed by atoms with Crippen molar-refractivity contribution >= 4 is 34.1 Å². The highest BCUT2D eigenvalue weighted by atomic mass is 35.5. The Morgan fingerprint density at radius 3 is 2.75 bits per heavy atom. The van der Waals surface area contributed by atoms with Crippen LogP contribution >= 0.6 is 11.6 Å². The second kappa shape index (κ2) is 6.76. The van der Waals surface area contributed by atoms with Crippen molar-refractivity contribution in [2.24, 2.45) is 0 Å². The molecule has 0 aliphatic heterocycles. The van der Waals surface area contributed by atoms with E-state index in [0.29, 0.717) is 38.5 Å². The summed E-state index contributed by atoms with van der Waals surface area (Å²) < 4.78 is 8.11. The van der Waals surface area contributed by atoms with Gasteiger partial charge in [-0.1, -0.05) is 17.7 Å². The average molecular weight is 397 g/mol. The number of aromatic nitrogens is 4. The zero-order valence-corrected chi connectivity index (χ0v) is 16.3. The van der Waals surface area contributed by atoms with Crippen LogP contribution in [0.4, 0.5) is 0 Å². The molecule has 4 rings (SSSR count). The Hall–Kier alpha value is -3.19. The van der Waals surface area contributed by atoms with Crippen LogP contribution in [0.1, 0.15) is 28.5 Å². The summed E-state index contributed by atoms with van der Waals surface area (Å²) in [5.41, 5.74) is 3.05. The molecule has 0 N–H and O–H groups in total. The number of hydrogen-bond acceptors (Lipinski definition) is 5. The van der Waals surface area contributed by atoms with E-state index in [-0.39, 0.29) is 12.2 Å². The molecule has 0 bridgehead atoms. The zero-order chi connectivity index (χ0) is 20.0. The summed E-state index contributed by atoms with van der Waals surface area (Å²) in [7, 11) is 0. The van der Waals surface area contributed by atoms with Crippen LogP contribution in [-0.2, 0) is 4.74 Å². The van der Waals surface area contributed by atoms with E-state index in [4.69, 9.17) is 16.3 Å². The number of aryl methyl sites for hydroxylation is 2. The van der Waals surface area contributed by atoms with E-state index < -0.39 is 5.97 Å². The molecule has 4 aromatic rings. The molecular weight excluding hydrogens is 380 g/mol. The molecule has 142 valence electrons. The van der Waals surface area contributed by atoms with E-state index in [0.717, 1.165) is 5.56 Å². The van der Waals surface area contributed by atoms with Crippen LogP contribution in [0.25, 0.3) is 22.2 Å². The first-order valence-electron chi connectivity index (χ1n) is 8.75. The SMILES string of the molecule is CCOC(=O)c1c(C)nn2c1ncc1c(=O)n(-c3ccc(C)c(Cl)c3)ccc12. The Morgan fingerprint density at radius 1 is 1.25 bits per heavy atom. The quantitative estimate of drug-likeness (QED) is 0.495. The Labute approximate surface area is 165 Å². The third-order valence-corrected chi connectivity index (χ3v) is 5.01. The third-order valence-electron chi connectivity index (χ3n) is 4.60. The van der Waals surface area contributed by atoms with Crippen molar-refractivity contribution in [2.75, 3.05) is 6.61 Å². The highest BCUT2D eigenvalue weighted by Crippen LogP contribution is 2.21. The van der Waals surface area contributed by atoms with E-state index in [1.54, 1.807) is 32.2 Å². The summed E-state index contributed by atoms with van der Waals surface area (Å²) in [4.78, 5) is 29.6. The van der Waals surface area contributed by atoms with Crippen LogP contribution in [0.2, 0.25) is 5.02 Å². The normalized spacial score (nSPS) is 11.3. The van der Waals surface area contributed by atoms with Crippen LogP contribution in [-0.4, -0.2) is 31.7 Å². The second-order valence-corrected chi connectivity index (χ2v) is 6.80. The Kier molecular flexibility index (Phi) is 4.39. The molecule has 0 aliphatic carbocycles. The molecule has 3 heterocycles. The Balaban J connectivity index is 1.95. The summed E-state index contributed by atoms with van der Waals surface area (Å²) in [5.74, 6) is -0.482. The summed E-state index contributed by atoms with van der Waals surface area (Å²) in [6.07, 6.45) is 3.12. The van der Waals surface area contributed by atoms with Crippen molar-refractivity contribution in [1.82, 2.24) is 19.2 Å². The topological polar surface area (TPSA) is 78.5 Å². The minimum Gasteiger partial charge on any atom is -0.462 e. The largest absolute Gasteiger partial charge is 0.462 e. The molecule has 28 heavy (non-hydrogen) atoms. The van der Waals surface area contributed by atoms with E-state index in [9.17, 15) is 9.59 Å². The molecule has 7 nitrogen and oxygen atoms in total. The number of benzene rings is 1. The lowest BCUT2D eigenvalue weighted by Crippen LogP contribution is -2.19. The van der Waals surface area contributed by atoms with Gasteiger partial charge in [-0.15, -0.1) is 0 Å². The molecule has 0 amide bonds. The fourth-order valence-corrected chi connectivity index (χ4v) is 3.33. The average Bonchev–Trinajstić information content (AvgIpc) is 3.01. The lowest BCUT2D eigenvalue weighted by Gasteiger charge is -2.09. The fraction of sp³-hybridized carbons (Fsp3) is 0.200. The van der Waals surface area contributed by atoms with Gasteiger partial charge in [-0.25, -0.2) is 14.3 Å². The summed E-state index contributed by atoms with van der Waals surface area (Å²) >= 11 is 6.20. The monoisotopic (exact) mass is 396 g/mol. The second-order valence-electron chi connectivity index (χ2n) is 6.40. The minimum atomic E-state index is -0.482. The van der Waals surface area contributed by atoms with Gasteiger partial charge < -0.3 is 4.74 Å². The number of hydrogen-bond donors (Lipinski definition) is 0.